The summed E-state index contributed by atoms with van der Waals surface area (Å²) < 4.78 is 3.06. The van der Waals surface area contributed by atoms with E-state index in [1.807, 2.05) is 4.90 Å². The van der Waals surface area contributed by atoms with Crippen molar-refractivity contribution >= 4 is 5.91 Å². The highest BCUT2D eigenvalue weighted by molar-refractivity contribution is 5.79. The van der Waals surface area contributed by atoms with E-state index in [4.69, 9.17) is 0 Å². The first-order valence-electron chi connectivity index (χ1n) is 7.23. The highest BCUT2D eigenvalue weighted by atomic mass is 16.2. The predicted molar refractivity (Wildman–Crippen MR) is 74.2 cm³/mol. The minimum Gasteiger partial charge on any atom is -0.340 e. The third-order valence-electron chi connectivity index (χ3n) is 4.21. The molecule has 2 aliphatic rings. The number of carbonyl (C=O) groups is 1. The lowest BCUT2D eigenvalue weighted by Crippen LogP contribution is -2.39. The van der Waals surface area contributed by atoms with Gasteiger partial charge in [-0.25, -0.2) is 9.48 Å². The largest absolute Gasteiger partial charge is 0.345 e. The predicted octanol–water partition coefficient (Wildman–Crippen LogP) is 0.323. The SMILES string of the molecule is Cn1nc2n(c1=O)CCN(C(=O)C1CC=CCC1)CC2. The molecule has 1 aromatic rings. The first-order valence-corrected chi connectivity index (χ1v) is 7.23. The average molecular weight is 276 g/mol. The van der Waals surface area contributed by atoms with Gasteiger partial charge >= 0.3 is 5.69 Å². The molecule has 0 spiro atoms. The molecule has 20 heavy (non-hydrogen) atoms. The number of hydrogen-bond acceptors (Lipinski definition) is 3. The summed E-state index contributed by atoms with van der Waals surface area (Å²) in [7, 11) is 1.67. The van der Waals surface area contributed by atoms with Gasteiger partial charge in [0, 0.05) is 39.0 Å². The van der Waals surface area contributed by atoms with Gasteiger partial charge in [0.2, 0.25) is 5.91 Å². The van der Waals surface area contributed by atoms with Crippen LogP contribution in [0.2, 0.25) is 0 Å². The van der Waals surface area contributed by atoms with E-state index in [2.05, 4.69) is 17.3 Å². The summed E-state index contributed by atoms with van der Waals surface area (Å²) in [6.07, 6.45) is 7.69. The summed E-state index contributed by atoms with van der Waals surface area (Å²) in [6, 6.07) is 0. The molecule has 0 bridgehead atoms. The van der Waals surface area contributed by atoms with Crippen molar-refractivity contribution in [3.63, 3.8) is 0 Å². The summed E-state index contributed by atoms with van der Waals surface area (Å²) >= 11 is 0. The zero-order valence-electron chi connectivity index (χ0n) is 11.8. The van der Waals surface area contributed by atoms with Crippen LogP contribution in [-0.2, 0) is 24.8 Å². The highest BCUT2D eigenvalue weighted by Gasteiger charge is 2.27. The van der Waals surface area contributed by atoms with Gasteiger partial charge < -0.3 is 4.90 Å². The second-order valence-electron chi connectivity index (χ2n) is 5.53. The molecule has 1 aliphatic heterocycles. The zero-order valence-corrected chi connectivity index (χ0v) is 11.8. The number of carbonyl (C=O) groups excluding carboxylic acids is 1. The lowest BCUT2D eigenvalue weighted by molar-refractivity contribution is -0.135. The molecule has 0 radical (unpaired) electrons. The van der Waals surface area contributed by atoms with Crippen LogP contribution in [0, 0.1) is 5.92 Å². The minimum atomic E-state index is -0.0881. The summed E-state index contributed by atoms with van der Waals surface area (Å²) in [5.41, 5.74) is -0.0881. The first-order chi connectivity index (χ1) is 9.66. The van der Waals surface area contributed by atoms with E-state index in [9.17, 15) is 9.59 Å². The van der Waals surface area contributed by atoms with Crippen LogP contribution in [0.5, 0.6) is 0 Å². The van der Waals surface area contributed by atoms with Gasteiger partial charge in [-0.2, -0.15) is 5.10 Å². The van der Waals surface area contributed by atoms with Gasteiger partial charge in [-0.1, -0.05) is 12.2 Å². The molecule has 1 atom stereocenters. The molecule has 0 fully saturated rings. The lowest BCUT2D eigenvalue weighted by Gasteiger charge is -2.26. The Hall–Kier alpha value is -1.85. The number of rotatable bonds is 1. The second-order valence-corrected chi connectivity index (χ2v) is 5.53. The average Bonchev–Trinajstić information content (AvgIpc) is 2.66. The van der Waals surface area contributed by atoms with Crippen molar-refractivity contribution in [1.82, 2.24) is 19.2 Å². The summed E-state index contributed by atoms with van der Waals surface area (Å²) in [6.45, 7) is 1.82. The number of allylic oxidation sites excluding steroid dienone is 2. The van der Waals surface area contributed by atoms with Crippen LogP contribution < -0.4 is 5.69 Å². The van der Waals surface area contributed by atoms with E-state index in [1.54, 1.807) is 11.6 Å². The summed E-state index contributed by atoms with van der Waals surface area (Å²) in [4.78, 5) is 26.3. The van der Waals surface area contributed by atoms with Crippen LogP contribution in [-0.4, -0.2) is 38.2 Å². The molecule has 0 saturated carbocycles. The standard InChI is InChI=1S/C14H20N4O2/c1-16-14(20)18-10-9-17(8-7-12(18)15-16)13(19)11-5-3-2-4-6-11/h2-3,11H,4-10H2,1H3. The van der Waals surface area contributed by atoms with Crippen molar-refractivity contribution < 1.29 is 4.79 Å². The monoisotopic (exact) mass is 276 g/mol. The molecule has 0 aromatic carbocycles. The van der Waals surface area contributed by atoms with E-state index >= 15 is 0 Å². The number of aryl methyl sites for hydroxylation is 1. The quantitative estimate of drug-likeness (QED) is 0.694. The van der Waals surface area contributed by atoms with Crippen LogP contribution in [0.25, 0.3) is 0 Å². The number of fused-ring (bicyclic) bond motifs is 1. The van der Waals surface area contributed by atoms with Gasteiger partial charge in [0.15, 0.2) is 0 Å². The van der Waals surface area contributed by atoms with Crippen molar-refractivity contribution in [2.75, 3.05) is 13.1 Å². The maximum atomic E-state index is 12.5. The second kappa shape index (κ2) is 5.26. The van der Waals surface area contributed by atoms with Crippen LogP contribution in [0.1, 0.15) is 25.1 Å². The molecular weight excluding hydrogens is 256 g/mol. The van der Waals surface area contributed by atoms with Gasteiger partial charge in [-0.3, -0.25) is 9.36 Å². The Bertz CT molecular complexity index is 599. The van der Waals surface area contributed by atoms with Crippen LogP contribution >= 0.6 is 0 Å². The molecule has 108 valence electrons. The smallest absolute Gasteiger partial charge is 0.340 e. The van der Waals surface area contributed by atoms with Crippen molar-refractivity contribution in [2.24, 2.45) is 13.0 Å². The Labute approximate surface area is 117 Å². The zero-order chi connectivity index (χ0) is 14.1. The lowest BCUT2D eigenvalue weighted by atomic mass is 9.93. The van der Waals surface area contributed by atoms with Crippen LogP contribution in [0.4, 0.5) is 0 Å². The van der Waals surface area contributed by atoms with E-state index in [1.165, 1.54) is 4.68 Å². The third-order valence-corrected chi connectivity index (χ3v) is 4.21. The van der Waals surface area contributed by atoms with Gasteiger partial charge in [-0.15, -0.1) is 0 Å². The summed E-state index contributed by atoms with van der Waals surface area (Å²) in [5.74, 6) is 1.14. The molecule has 0 saturated heterocycles. The highest BCUT2D eigenvalue weighted by Crippen LogP contribution is 2.21. The third kappa shape index (κ3) is 2.30. The molecule has 6 nitrogen and oxygen atoms in total. The molecule has 3 rings (SSSR count). The fraction of sp³-hybridized carbons (Fsp3) is 0.643. The van der Waals surface area contributed by atoms with Crippen molar-refractivity contribution in [2.45, 2.75) is 32.2 Å². The van der Waals surface area contributed by atoms with Crippen molar-refractivity contribution in [3.05, 3.63) is 28.5 Å². The molecule has 2 heterocycles. The van der Waals surface area contributed by atoms with Crippen LogP contribution in [0.15, 0.2) is 16.9 Å². The van der Waals surface area contributed by atoms with E-state index in [0.29, 0.717) is 26.1 Å². The number of amides is 1. The Morgan fingerprint density at radius 3 is 2.90 bits per heavy atom. The number of aromatic nitrogens is 3. The molecule has 1 unspecified atom stereocenters. The molecule has 0 N–H and O–H groups in total. The van der Waals surface area contributed by atoms with E-state index < -0.39 is 0 Å². The normalized spacial score (nSPS) is 22.4. The molecule has 1 amide bonds. The van der Waals surface area contributed by atoms with Gasteiger partial charge in [0.25, 0.3) is 0 Å². The van der Waals surface area contributed by atoms with Gasteiger partial charge in [0.05, 0.1) is 0 Å². The molecule has 6 heteroatoms. The Morgan fingerprint density at radius 2 is 2.15 bits per heavy atom. The van der Waals surface area contributed by atoms with Gasteiger partial charge in [-0.05, 0) is 19.3 Å². The van der Waals surface area contributed by atoms with Crippen molar-refractivity contribution in [3.8, 4) is 0 Å². The van der Waals surface area contributed by atoms with Crippen molar-refractivity contribution in [1.29, 1.82) is 0 Å². The van der Waals surface area contributed by atoms with E-state index in [0.717, 1.165) is 25.1 Å². The maximum Gasteiger partial charge on any atom is 0.345 e. The topological polar surface area (TPSA) is 60.1 Å². The van der Waals surface area contributed by atoms with Gasteiger partial charge in [0.1, 0.15) is 5.82 Å². The Kier molecular flexibility index (Phi) is 3.46. The molecule has 1 aliphatic carbocycles. The Morgan fingerprint density at radius 1 is 1.30 bits per heavy atom. The summed E-state index contributed by atoms with van der Waals surface area (Å²) in [5, 5.41) is 4.24. The number of hydrogen-bond donors (Lipinski definition) is 0. The minimum absolute atomic E-state index is 0.0881. The van der Waals surface area contributed by atoms with E-state index in [-0.39, 0.29) is 17.5 Å². The number of nitrogens with zero attached hydrogens (tertiary/aromatic N) is 4. The fourth-order valence-electron chi connectivity index (χ4n) is 3.03. The fourth-order valence-corrected chi connectivity index (χ4v) is 3.03. The molecule has 1 aromatic heterocycles. The first kappa shape index (κ1) is 13.1. The maximum absolute atomic E-state index is 12.5. The van der Waals surface area contributed by atoms with Crippen LogP contribution in [0.3, 0.4) is 0 Å². The molecular formula is C14H20N4O2. The Balaban J connectivity index is 1.71.